The molecule has 0 aliphatic carbocycles. The van der Waals surface area contributed by atoms with E-state index in [-0.39, 0.29) is 12.5 Å². The van der Waals surface area contributed by atoms with Crippen LogP contribution in [0.2, 0.25) is 10.0 Å². The van der Waals surface area contributed by atoms with E-state index in [1.165, 1.54) is 0 Å². The minimum absolute atomic E-state index is 0.279. The van der Waals surface area contributed by atoms with Crippen molar-refractivity contribution in [3.63, 3.8) is 0 Å². The van der Waals surface area contributed by atoms with E-state index in [1.54, 1.807) is 25.3 Å². The fraction of sp³-hybridized carbons (Fsp3) is 0.250. The van der Waals surface area contributed by atoms with Crippen LogP contribution in [0.25, 0.3) is 0 Å². The van der Waals surface area contributed by atoms with Gasteiger partial charge in [0.1, 0.15) is 5.75 Å². The zero-order valence-electron chi connectivity index (χ0n) is 11.6. The smallest absolute Gasteiger partial charge is 0.119 e. The Kier molecular flexibility index (Phi) is 5.48. The predicted octanol–water partition coefficient (Wildman–Crippen LogP) is 3.78. The van der Waals surface area contributed by atoms with Crippen LogP contribution in [0.5, 0.6) is 5.75 Å². The third-order valence-electron chi connectivity index (χ3n) is 3.44. The highest BCUT2D eigenvalue weighted by molar-refractivity contribution is 6.35. The molecule has 3 nitrogen and oxygen atoms in total. The third-order valence-corrected chi connectivity index (χ3v) is 4.00. The van der Waals surface area contributed by atoms with Crippen LogP contribution in [0.15, 0.2) is 42.5 Å². The van der Waals surface area contributed by atoms with Crippen molar-refractivity contribution in [1.29, 1.82) is 0 Å². The van der Waals surface area contributed by atoms with Crippen molar-refractivity contribution in [2.45, 2.75) is 12.0 Å². The van der Waals surface area contributed by atoms with Gasteiger partial charge in [-0.15, -0.1) is 0 Å². The average molecular weight is 326 g/mol. The summed E-state index contributed by atoms with van der Waals surface area (Å²) in [5, 5.41) is 11.6. The van der Waals surface area contributed by atoms with Gasteiger partial charge >= 0.3 is 0 Å². The average Bonchev–Trinajstić information content (AvgIpc) is 2.48. The quantitative estimate of drug-likeness (QED) is 0.879. The van der Waals surface area contributed by atoms with E-state index >= 15 is 0 Å². The first kappa shape index (κ1) is 16.1. The van der Waals surface area contributed by atoms with Gasteiger partial charge in [-0.2, -0.15) is 0 Å². The number of methoxy groups -OCH3 is 1. The van der Waals surface area contributed by atoms with Gasteiger partial charge in [-0.25, -0.2) is 0 Å². The molecule has 0 saturated carbocycles. The third kappa shape index (κ3) is 3.69. The maximum Gasteiger partial charge on any atom is 0.119 e. The van der Waals surface area contributed by atoms with Crippen molar-refractivity contribution >= 4 is 23.2 Å². The molecule has 3 N–H and O–H groups in total. The molecule has 21 heavy (non-hydrogen) atoms. The molecule has 0 aromatic heterocycles. The summed E-state index contributed by atoms with van der Waals surface area (Å²) in [5.41, 5.74) is 7.35. The molecule has 0 amide bonds. The van der Waals surface area contributed by atoms with Gasteiger partial charge in [0.25, 0.3) is 0 Å². The summed E-state index contributed by atoms with van der Waals surface area (Å²) in [7, 11) is 1.60. The molecule has 2 rings (SSSR count). The summed E-state index contributed by atoms with van der Waals surface area (Å²) < 4.78 is 5.21. The molecule has 0 bridgehead atoms. The Bertz CT molecular complexity index is 619. The van der Waals surface area contributed by atoms with Crippen LogP contribution in [-0.2, 0) is 0 Å². The molecular weight excluding hydrogens is 309 g/mol. The number of hydrogen-bond donors (Lipinski definition) is 2. The summed E-state index contributed by atoms with van der Waals surface area (Å²) in [6.07, 6.45) is -0.813. The molecule has 2 unspecified atom stereocenters. The second kappa shape index (κ2) is 7.14. The van der Waals surface area contributed by atoms with Gasteiger partial charge in [0.05, 0.1) is 13.2 Å². The molecule has 2 aromatic carbocycles. The lowest BCUT2D eigenvalue weighted by Gasteiger charge is -2.23. The predicted molar refractivity (Wildman–Crippen MR) is 86.2 cm³/mol. The lowest BCUT2D eigenvalue weighted by molar-refractivity contribution is 0.147. The molecule has 112 valence electrons. The summed E-state index contributed by atoms with van der Waals surface area (Å²) in [6.45, 7) is 0.285. The molecular formula is C16H17Cl2NO2. The van der Waals surface area contributed by atoms with E-state index in [1.807, 2.05) is 24.3 Å². The van der Waals surface area contributed by atoms with E-state index in [4.69, 9.17) is 33.7 Å². The minimum atomic E-state index is -0.813. The second-order valence-electron chi connectivity index (χ2n) is 4.73. The second-order valence-corrected chi connectivity index (χ2v) is 5.57. The first-order valence-corrected chi connectivity index (χ1v) is 7.29. The fourth-order valence-electron chi connectivity index (χ4n) is 2.28. The van der Waals surface area contributed by atoms with Crippen LogP contribution in [0.1, 0.15) is 23.1 Å². The Hall–Kier alpha value is -1.26. The molecule has 2 atom stereocenters. The number of aliphatic hydroxyl groups excluding tert-OH is 1. The topological polar surface area (TPSA) is 55.5 Å². The van der Waals surface area contributed by atoms with Crippen molar-refractivity contribution in [2.75, 3.05) is 13.7 Å². The summed E-state index contributed by atoms with van der Waals surface area (Å²) in [6, 6.07) is 12.5. The van der Waals surface area contributed by atoms with Crippen molar-refractivity contribution < 1.29 is 9.84 Å². The largest absolute Gasteiger partial charge is 0.497 e. The van der Waals surface area contributed by atoms with E-state index in [9.17, 15) is 5.11 Å². The fourth-order valence-corrected chi connectivity index (χ4v) is 2.80. The SMILES string of the molecule is COc1cccc(C(CN)C(O)c2ccc(Cl)cc2Cl)c1. The number of nitrogens with two attached hydrogens (primary N) is 1. The molecule has 0 fully saturated rings. The van der Waals surface area contributed by atoms with Gasteiger partial charge in [0, 0.05) is 22.5 Å². The Balaban J connectivity index is 2.35. The van der Waals surface area contributed by atoms with Gasteiger partial charge in [0.15, 0.2) is 0 Å². The molecule has 0 heterocycles. The first-order valence-electron chi connectivity index (χ1n) is 6.54. The molecule has 5 heteroatoms. The normalized spacial score (nSPS) is 13.8. The van der Waals surface area contributed by atoms with Gasteiger partial charge in [0.2, 0.25) is 0 Å². The van der Waals surface area contributed by atoms with Gasteiger partial charge in [-0.05, 0) is 35.4 Å². The van der Waals surface area contributed by atoms with Crippen LogP contribution < -0.4 is 10.5 Å². The number of ether oxygens (including phenoxy) is 1. The Labute approximate surface area is 134 Å². The van der Waals surface area contributed by atoms with Crippen LogP contribution in [0.4, 0.5) is 0 Å². The lowest BCUT2D eigenvalue weighted by atomic mass is 9.89. The van der Waals surface area contributed by atoms with E-state index in [0.717, 1.165) is 11.3 Å². The maximum atomic E-state index is 10.6. The molecule has 0 aliphatic rings. The molecule has 2 aromatic rings. The van der Waals surface area contributed by atoms with Crippen LogP contribution >= 0.6 is 23.2 Å². The maximum absolute atomic E-state index is 10.6. The highest BCUT2D eigenvalue weighted by atomic mass is 35.5. The van der Waals surface area contributed by atoms with Crippen molar-refractivity contribution in [2.24, 2.45) is 5.73 Å². The standard InChI is InChI=1S/C16H17Cl2NO2/c1-21-12-4-2-3-10(7-12)14(9-19)16(20)13-6-5-11(17)8-15(13)18/h2-8,14,16,20H,9,19H2,1H3. The van der Waals surface area contributed by atoms with Crippen LogP contribution in [0.3, 0.4) is 0 Å². The summed E-state index contributed by atoms with van der Waals surface area (Å²) in [4.78, 5) is 0. The number of halogens is 2. The Morgan fingerprint density at radius 1 is 1.19 bits per heavy atom. The number of aliphatic hydroxyl groups is 1. The number of benzene rings is 2. The highest BCUT2D eigenvalue weighted by Crippen LogP contribution is 2.36. The Morgan fingerprint density at radius 3 is 2.57 bits per heavy atom. The van der Waals surface area contributed by atoms with E-state index in [0.29, 0.717) is 15.6 Å². The molecule has 0 aliphatic heterocycles. The lowest BCUT2D eigenvalue weighted by Crippen LogP contribution is -2.20. The summed E-state index contributed by atoms with van der Waals surface area (Å²) >= 11 is 12.0. The minimum Gasteiger partial charge on any atom is -0.497 e. The van der Waals surface area contributed by atoms with E-state index in [2.05, 4.69) is 0 Å². The number of hydrogen-bond acceptors (Lipinski definition) is 3. The number of rotatable bonds is 5. The van der Waals surface area contributed by atoms with Gasteiger partial charge in [-0.1, -0.05) is 41.4 Å². The van der Waals surface area contributed by atoms with Gasteiger partial charge in [-0.3, -0.25) is 0 Å². The first-order chi connectivity index (χ1) is 10.1. The monoisotopic (exact) mass is 325 g/mol. The molecule has 0 spiro atoms. The van der Waals surface area contributed by atoms with Crippen molar-refractivity contribution in [3.8, 4) is 5.75 Å². The van der Waals surface area contributed by atoms with Crippen LogP contribution in [0, 0.1) is 0 Å². The zero-order chi connectivity index (χ0) is 15.4. The zero-order valence-corrected chi connectivity index (χ0v) is 13.1. The Morgan fingerprint density at radius 2 is 1.95 bits per heavy atom. The molecule has 0 saturated heterocycles. The summed E-state index contributed by atoms with van der Waals surface area (Å²) in [5.74, 6) is 0.444. The van der Waals surface area contributed by atoms with Crippen molar-refractivity contribution in [3.05, 3.63) is 63.6 Å². The van der Waals surface area contributed by atoms with Crippen LogP contribution in [-0.4, -0.2) is 18.8 Å². The highest BCUT2D eigenvalue weighted by Gasteiger charge is 2.24. The van der Waals surface area contributed by atoms with Crippen molar-refractivity contribution in [1.82, 2.24) is 0 Å². The molecule has 0 radical (unpaired) electrons. The van der Waals surface area contributed by atoms with E-state index < -0.39 is 6.10 Å². The van der Waals surface area contributed by atoms with Gasteiger partial charge < -0.3 is 15.6 Å².